The summed E-state index contributed by atoms with van der Waals surface area (Å²) < 4.78 is 18.1. The SMILES string of the molecule is CCOc1ccccc1NC(=O)C[N+]1=C2c3ccccc3OC2C(=O)N(Cc2ccco2)C1=O. The molecule has 0 spiro atoms. The van der Waals surface area contributed by atoms with Gasteiger partial charge in [0.2, 0.25) is 0 Å². The second kappa shape index (κ2) is 8.86. The number of rotatable bonds is 7. The van der Waals surface area contributed by atoms with Gasteiger partial charge in [-0.1, -0.05) is 24.3 Å². The Morgan fingerprint density at radius 2 is 1.88 bits per heavy atom. The lowest BCUT2D eigenvalue weighted by atomic mass is 10.0. The van der Waals surface area contributed by atoms with Crippen LogP contribution in [0.5, 0.6) is 11.5 Å². The van der Waals surface area contributed by atoms with Gasteiger partial charge in [-0.25, -0.2) is 4.79 Å². The first-order valence-corrected chi connectivity index (χ1v) is 10.9. The molecule has 3 aromatic rings. The zero-order valence-corrected chi connectivity index (χ0v) is 18.4. The minimum absolute atomic E-state index is 0.0700. The normalized spacial score (nSPS) is 16.7. The second-order valence-corrected chi connectivity index (χ2v) is 7.73. The van der Waals surface area contributed by atoms with Crippen molar-refractivity contribution in [3.63, 3.8) is 0 Å². The van der Waals surface area contributed by atoms with Gasteiger partial charge in [0.05, 0.1) is 24.1 Å². The van der Waals surface area contributed by atoms with Crippen molar-refractivity contribution in [2.75, 3.05) is 18.5 Å². The second-order valence-electron chi connectivity index (χ2n) is 7.73. The summed E-state index contributed by atoms with van der Waals surface area (Å²) in [6.45, 7) is 1.91. The lowest BCUT2D eigenvalue weighted by Crippen LogP contribution is -2.58. The van der Waals surface area contributed by atoms with Crippen LogP contribution in [0.15, 0.2) is 71.3 Å². The number of imide groups is 1. The molecular weight excluding hydrogens is 438 g/mol. The van der Waals surface area contributed by atoms with Gasteiger partial charge in [0.15, 0.2) is 18.8 Å². The monoisotopic (exact) mass is 460 g/mol. The number of nitrogens with zero attached hydrogens (tertiary/aromatic N) is 2. The number of amides is 4. The standard InChI is InChI=1S/C25H21N3O6/c1-2-32-20-12-6-4-10-18(20)26-21(29)15-27-22-17-9-3-5-11-19(17)34-23(22)24(30)28(25(27)31)14-16-8-7-13-33-16/h3-13,23H,2,14-15H2,1H3/p+1. The molecule has 0 bridgehead atoms. The fraction of sp³-hybridized carbons (Fsp3) is 0.200. The highest BCUT2D eigenvalue weighted by Gasteiger charge is 2.54. The smallest absolute Gasteiger partial charge is 0.492 e. The third-order valence-corrected chi connectivity index (χ3v) is 5.56. The van der Waals surface area contributed by atoms with Gasteiger partial charge in [-0.05, 0) is 43.3 Å². The topological polar surface area (TPSA) is 101 Å². The van der Waals surface area contributed by atoms with Crippen LogP contribution in [-0.2, 0) is 16.1 Å². The summed E-state index contributed by atoms with van der Waals surface area (Å²) >= 11 is 0. The lowest BCUT2D eigenvalue weighted by molar-refractivity contribution is -0.428. The van der Waals surface area contributed by atoms with Crippen molar-refractivity contribution in [1.29, 1.82) is 0 Å². The molecule has 1 unspecified atom stereocenters. The van der Waals surface area contributed by atoms with Crippen molar-refractivity contribution in [3.8, 4) is 11.5 Å². The van der Waals surface area contributed by atoms with Crippen molar-refractivity contribution in [2.45, 2.75) is 19.6 Å². The number of hydrogen-bond acceptors (Lipinski definition) is 6. The van der Waals surface area contributed by atoms with Gasteiger partial charge in [-0.3, -0.25) is 4.79 Å². The predicted molar refractivity (Wildman–Crippen MR) is 121 cm³/mol. The van der Waals surface area contributed by atoms with E-state index in [0.717, 1.165) is 4.90 Å². The summed E-state index contributed by atoms with van der Waals surface area (Å²) in [6.07, 6.45) is 0.433. The minimum atomic E-state index is -1.03. The van der Waals surface area contributed by atoms with E-state index in [1.165, 1.54) is 10.8 Å². The first-order chi connectivity index (χ1) is 16.6. The zero-order chi connectivity index (χ0) is 23.7. The molecule has 0 saturated carbocycles. The van der Waals surface area contributed by atoms with E-state index in [4.69, 9.17) is 13.9 Å². The Bertz CT molecular complexity index is 1300. The van der Waals surface area contributed by atoms with Crippen molar-refractivity contribution in [3.05, 3.63) is 78.3 Å². The molecule has 0 aliphatic carbocycles. The van der Waals surface area contributed by atoms with Crippen LogP contribution >= 0.6 is 0 Å². The molecule has 4 amide bonds. The van der Waals surface area contributed by atoms with Crippen molar-refractivity contribution in [1.82, 2.24) is 4.90 Å². The van der Waals surface area contributed by atoms with Crippen LogP contribution in [0.4, 0.5) is 10.5 Å². The Morgan fingerprint density at radius 3 is 2.68 bits per heavy atom. The van der Waals surface area contributed by atoms with E-state index < -0.39 is 23.9 Å². The van der Waals surface area contributed by atoms with Gasteiger partial charge in [-0.2, -0.15) is 9.37 Å². The van der Waals surface area contributed by atoms with Gasteiger partial charge in [0.1, 0.15) is 17.3 Å². The van der Waals surface area contributed by atoms with Crippen molar-refractivity contribution < 1.29 is 32.9 Å². The zero-order valence-electron chi connectivity index (χ0n) is 18.4. The molecule has 3 heterocycles. The Morgan fingerprint density at radius 1 is 1.09 bits per heavy atom. The van der Waals surface area contributed by atoms with Crippen LogP contribution in [0.25, 0.3) is 0 Å². The van der Waals surface area contributed by atoms with Crippen LogP contribution < -0.4 is 14.8 Å². The van der Waals surface area contributed by atoms with Crippen LogP contribution in [0.3, 0.4) is 0 Å². The molecular formula is C25H22N3O6+. The largest absolute Gasteiger partial charge is 0.502 e. The summed E-state index contributed by atoms with van der Waals surface area (Å²) in [6, 6.07) is 16.8. The van der Waals surface area contributed by atoms with Crippen LogP contribution in [0.1, 0.15) is 18.2 Å². The number of urea groups is 1. The molecule has 2 aromatic carbocycles. The lowest BCUT2D eigenvalue weighted by Gasteiger charge is -2.23. The molecule has 0 radical (unpaired) electrons. The van der Waals surface area contributed by atoms with Gasteiger partial charge < -0.3 is 19.2 Å². The number of furan rings is 1. The summed E-state index contributed by atoms with van der Waals surface area (Å²) in [5.41, 5.74) is 1.45. The number of fused-ring (bicyclic) bond motifs is 3. The minimum Gasteiger partial charge on any atom is -0.492 e. The molecule has 9 heteroatoms. The van der Waals surface area contributed by atoms with Crippen LogP contribution in [0.2, 0.25) is 0 Å². The van der Waals surface area contributed by atoms with E-state index in [0.29, 0.717) is 40.8 Å². The van der Waals surface area contributed by atoms with Crippen molar-refractivity contribution in [2.24, 2.45) is 0 Å². The maximum absolute atomic E-state index is 13.5. The number of anilines is 1. The highest BCUT2D eigenvalue weighted by molar-refractivity contribution is 6.22. The fourth-order valence-electron chi connectivity index (χ4n) is 4.09. The molecule has 0 saturated heterocycles. The third kappa shape index (κ3) is 3.81. The molecule has 172 valence electrons. The Balaban J connectivity index is 1.49. The Labute approximate surface area is 195 Å². The van der Waals surface area contributed by atoms with Gasteiger partial charge in [-0.15, -0.1) is 4.90 Å². The number of carbonyl (C=O) groups excluding carboxylic acids is 3. The van der Waals surface area contributed by atoms with E-state index in [1.54, 1.807) is 60.7 Å². The first kappa shape index (κ1) is 21.4. The molecule has 0 fully saturated rings. The maximum atomic E-state index is 13.5. The molecule has 9 nitrogen and oxygen atoms in total. The summed E-state index contributed by atoms with van der Waals surface area (Å²) in [5.74, 6) is 0.499. The number of hydrogen-bond donors (Lipinski definition) is 1. The van der Waals surface area contributed by atoms with E-state index in [-0.39, 0.29) is 13.1 Å². The summed E-state index contributed by atoms with van der Waals surface area (Å²) in [5, 5.41) is 2.80. The van der Waals surface area contributed by atoms with E-state index in [1.807, 2.05) is 6.92 Å². The third-order valence-electron chi connectivity index (χ3n) is 5.56. The summed E-state index contributed by atoms with van der Waals surface area (Å²) in [7, 11) is 0. The Hall–Kier alpha value is -4.40. The van der Waals surface area contributed by atoms with E-state index in [9.17, 15) is 14.4 Å². The highest BCUT2D eigenvalue weighted by atomic mass is 16.5. The number of ether oxygens (including phenoxy) is 2. The number of para-hydroxylation sites is 3. The van der Waals surface area contributed by atoms with Crippen LogP contribution in [-0.4, -0.2) is 52.3 Å². The average molecular weight is 460 g/mol. The van der Waals surface area contributed by atoms with E-state index >= 15 is 0 Å². The number of nitrogens with one attached hydrogen (secondary N) is 1. The van der Waals surface area contributed by atoms with Crippen LogP contribution in [0, 0.1) is 0 Å². The van der Waals surface area contributed by atoms with Gasteiger partial charge >= 0.3 is 11.9 Å². The van der Waals surface area contributed by atoms with Gasteiger partial charge in [0, 0.05) is 0 Å². The fourth-order valence-corrected chi connectivity index (χ4v) is 4.09. The average Bonchev–Trinajstić information content (AvgIpc) is 3.49. The van der Waals surface area contributed by atoms with Crippen molar-refractivity contribution >= 4 is 29.2 Å². The molecule has 5 rings (SSSR count). The summed E-state index contributed by atoms with van der Waals surface area (Å²) in [4.78, 5) is 40.8. The number of benzene rings is 2. The quantitative estimate of drug-likeness (QED) is 0.544. The molecule has 2 aliphatic rings. The molecule has 34 heavy (non-hydrogen) atoms. The molecule has 2 aliphatic heterocycles. The molecule has 1 atom stereocenters. The van der Waals surface area contributed by atoms with E-state index in [2.05, 4.69) is 5.32 Å². The molecule has 1 N–H and O–H groups in total. The number of carbonyl (C=O) groups is 3. The first-order valence-electron chi connectivity index (χ1n) is 10.9. The predicted octanol–water partition coefficient (Wildman–Crippen LogP) is 3.04. The van der Waals surface area contributed by atoms with Gasteiger partial charge in [0.25, 0.3) is 12.0 Å². The maximum Gasteiger partial charge on any atom is 0.502 e. The highest BCUT2D eigenvalue weighted by Crippen LogP contribution is 2.32. The Kier molecular flexibility index (Phi) is 5.59. The molecule has 1 aromatic heterocycles.